The van der Waals surface area contributed by atoms with Crippen LogP contribution in [0.3, 0.4) is 0 Å². The van der Waals surface area contributed by atoms with E-state index in [1.807, 2.05) is 0 Å². The molecule has 20 heavy (non-hydrogen) atoms. The molecule has 0 aromatic heterocycles. The molecular weight excluding hydrogens is 246 g/mol. The first-order chi connectivity index (χ1) is 9.65. The molecule has 2 heteroatoms. The van der Waals surface area contributed by atoms with Gasteiger partial charge in [-0.15, -0.1) is 0 Å². The van der Waals surface area contributed by atoms with Gasteiger partial charge in [-0.05, 0) is 57.4 Å². The van der Waals surface area contributed by atoms with E-state index >= 15 is 0 Å². The Bertz CT molecular complexity index is 323. The van der Waals surface area contributed by atoms with Crippen molar-refractivity contribution < 1.29 is 4.74 Å². The SMILES string of the molecule is CNC1CC(OC2CCC(C)C(C)C2)C12CCCCC2. The van der Waals surface area contributed by atoms with E-state index in [9.17, 15) is 0 Å². The Morgan fingerprint density at radius 3 is 2.35 bits per heavy atom. The molecule has 0 radical (unpaired) electrons. The molecule has 0 aromatic rings. The van der Waals surface area contributed by atoms with Crippen LogP contribution in [0.15, 0.2) is 0 Å². The average Bonchev–Trinajstić information content (AvgIpc) is 2.47. The minimum atomic E-state index is 0.485. The largest absolute Gasteiger partial charge is 0.374 e. The van der Waals surface area contributed by atoms with E-state index < -0.39 is 0 Å². The van der Waals surface area contributed by atoms with Gasteiger partial charge < -0.3 is 10.1 Å². The van der Waals surface area contributed by atoms with Crippen molar-refractivity contribution in [3.63, 3.8) is 0 Å². The lowest BCUT2D eigenvalue weighted by atomic mass is 9.55. The summed E-state index contributed by atoms with van der Waals surface area (Å²) in [6.07, 6.45) is 13.3. The van der Waals surface area contributed by atoms with Gasteiger partial charge in [0.25, 0.3) is 0 Å². The zero-order chi connectivity index (χ0) is 14.2. The third-order valence-electron chi connectivity index (χ3n) is 6.82. The molecule has 3 saturated carbocycles. The molecule has 3 aliphatic carbocycles. The molecular formula is C18H33NO. The van der Waals surface area contributed by atoms with Crippen molar-refractivity contribution in [2.45, 2.75) is 89.9 Å². The summed E-state index contributed by atoms with van der Waals surface area (Å²) in [4.78, 5) is 0. The third kappa shape index (κ3) is 2.54. The van der Waals surface area contributed by atoms with Crippen molar-refractivity contribution in [1.82, 2.24) is 5.32 Å². The highest BCUT2D eigenvalue weighted by Gasteiger charge is 2.55. The van der Waals surface area contributed by atoms with Gasteiger partial charge in [0.1, 0.15) is 0 Å². The number of hydrogen-bond donors (Lipinski definition) is 1. The van der Waals surface area contributed by atoms with Crippen molar-refractivity contribution in [1.29, 1.82) is 0 Å². The van der Waals surface area contributed by atoms with E-state index in [1.54, 1.807) is 0 Å². The first-order valence-electron chi connectivity index (χ1n) is 8.98. The smallest absolute Gasteiger partial charge is 0.0665 e. The molecule has 0 heterocycles. The van der Waals surface area contributed by atoms with Gasteiger partial charge in [-0.1, -0.05) is 33.1 Å². The summed E-state index contributed by atoms with van der Waals surface area (Å²) in [5.74, 6) is 1.74. The number of rotatable bonds is 3. The Morgan fingerprint density at radius 1 is 0.950 bits per heavy atom. The fourth-order valence-electron chi connectivity index (χ4n) is 5.08. The van der Waals surface area contributed by atoms with Crippen LogP contribution in [0, 0.1) is 17.3 Å². The number of ether oxygens (including phenoxy) is 1. The Kier molecular flexibility index (Phi) is 4.42. The zero-order valence-corrected chi connectivity index (χ0v) is 13.7. The van der Waals surface area contributed by atoms with Crippen molar-refractivity contribution in [3.05, 3.63) is 0 Å². The maximum atomic E-state index is 6.63. The van der Waals surface area contributed by atoms with E-state index in [0.717, 1.165) is 11.8 Å². The predicted molar refractivity (Wildman–Crippen MR) is 83.8 cm³/mol. The van der Waals surface area contributed by atoms with Crippen molar-refractivity contribution in [2.24, 2.45) is 17.3 Å². The zero-order valence-electron chi connectivity index (χ0n) is 13.7. The highest BCUT2D eigenvalue weighted by atomic mass is 16.5. The van der Waals surface area contributed by atoms with Gasteiger partial charge in [0, 0.05) is 11.5 Å². The van der Waals surface area contributed by atoms with E-state index in [0.29, 0.717) is 23.7 Å². The summed E-state index contributed by atoms with van der Waals surface area (Å²) in [6, 6.07) is 0.715. The fraction of sp³-hybridized carbons (Fsp3) is 1.00. The molecule has 5 atom stereocenters. The molecule has 3 rings (SSSR count). The number of nitrogens with one attached hydrogen (secondary N) is 1. The van der Waals surface area contributed by atoms with Crippen LogP contribution in [0.4, 0.5) is 0 Å². The van der Waals surface area contributed by atoms with Crippen LogP contribution in [0.5, 0.6) is 0 Å². The predicted octanol–water partition coefficient (Wildman–Crippen LogP) is 4.14. The van der Waals surface area contributed by atoms with Crippen molar-refractivity contribution >= 4 is 0 Å². The van der Waals surface area contributed by atoms with E-state index in [1.165, 1.54) is 57.8 Å². The van der Waals surface area contributed by atoms with E-state index in [-0.39, 0.29) is 0 Å². The first kappa shape index (κ1) is 14.8. The molecule has 3 aliphatic rings. The standard InChI is InChI=1S/C18H33NO/c1-13-7-8-15(11-14(13)2)20-17-12-16(19-3)18(17)9-5-4-6-10-18/h13-17,19H,4-12H2,1-3H3. The van der Waals surface area contributed by atoms with Crippen molar-refractivity contribution in [3.8, 4) is 0 Å². The quantitative estimate of drug-likeness (QED) is 0.838. The molecule has 3 fully saturated rings. The normalized spacial score (nSPS) is 44.2. The maximum Gasteiger partial charge on any atom is 0.0665 e. The highest BCUT2D eigenvalue weighted by Crippen LogP contribution is 2.54. The lowest BCUT2D eigenvalue weighted by Crippen LogP contribution is -2.64. The minimum absolute atomic E-state index is 0.485. The summed E-state index contributed by atoms with van der Waals surface area (Å²) >= 11 is 0. The van der Waals surface area contributed by atoms with Gasteiger partial charge in [0.2, 0.25) is 0 Å². The third-order valence-corrected chi connectivity index (χ3v) is 6.82. The second-order valence-corrected chi connectivity index (χ2v) is 7.89. The molecule has 0 amide bonds. The van der Waals surface area contributed by atoms with Gasteiger partial charge in [0.15, 0.2) is 0 Å². The molecule has 0 aliphatic heterocycles. The van der Waals surface area contributed by atoms with Gasteiger partial charge in [0.05, 0.1) is 12.2 Å². The Labute approximate surface area is 125 Å². The molecule has 1 N–H and O–H groups in total. The molecule has 2 nitrogen and oxygen atoms in total. The lowest BCUT2D eigenvalue weighted by Gasteiger charge is -2.58. The summed E-state index contributed by atoms with van der Waals surface area (Å²) in [7, 11) is 2.14. The Hall–Kier alpha value is -0.0800. The molecule has 0 aromatic carbocycles. The average molecular weight is 279 g/mol. The number of hydrogen-bond acceptors (Lipinski definition) is 2. The van der Waals surface area contributed by atoms with Gasteiger partial charge in [-0.25, -0.2) is 0 Å². The Balaban J connectivity index is 1.60. The van der Waals surface area contributed by atoms with Gasteiger partial charge >= 0.3 is 0 Å². The maximum absolute atomic E-state index is 6.63. The van der Waals surface area contributed by atoms with Gasteiger partial charge in [-0.3, -0.25) is 0 Å². The van der Waals surface area contributed by atoms with Crippen LogP contribution in [0.1, 0.15) is 71.6 Å². The highest BCUT2D eigenvalue weighted by molar-refractivity contribution is 5.08. The molecule has 0 saturated heterocycles. The van der Waals surface area contributed by atoms with Crippen LogP contribution in [-0.2, 0) is 4.74 Å². The minimum Gasteiger partial charge on any atom is -0.374 e. The van der Waals surface area contributed by atoms with Crippen molar-refractivity contribution in [2.75, 3.05) is 7.05 Å². The van der Waals surface area contributed by atoms with Gasteiger partial charge in [-0.2, -0.15) is 0 Å². The fourth-order valence-corrected chi connectivity index (χ4v) is 5.08. The van der Waals surface area contributed by atoms with E-state index in [4.69, 9.17) is 4.74 Å². The van der Waals surface area contributed by atoms with E-state index in [2.05, 4.69) is 26.2 Å². The summed E-state index contributed by atoms with van der Waals surface area (Å²) < 4.78 is 6.63. The van der Waals surface area contributed by atoms with Crippen LogP contribution in [0.25, 0.3) is 0 Å². The lowest BCUT2D eigenvalue weighted by molar-refractivity contribution is -0.184. The summed E-state index contributed by atoms with van der Waals surface area (Å²) in [5.41, 5.74) is 0.485. The van der Waals surface area contributed by atoms with Crippen LogP contribution in [-0.4, -0.2) is 25.3 Å². The Morgan fingerprint density at radius 2 is 1.70 bits per heavy atom. The first-order valence-corrected chi connectivity index (χ1v) is 8.98. The molecule has 5 unspecified atom stereocenters. The molecule has 116 valence electrons. The second-order valence-electron chi connectivity index (χ2n) is 7.89. The summed E-state index contributed by atoms with van der Waals surface area (Å²) in [5, 5.41) is 3.57. The van der Waals surface area contributed by atoms with Crippen LogP contribution >= 0.6 is 0 Å². The monoisotopic (exact) mass is 279 g/mol. The van der Waals surface area contributed by atoms with Crippen LogP contribution in [0.2, 0.25) is 0 Å². The topological polar surface area (TPSA) is 21.3 Å². The molecule has 0 bridgehead atoms. The van der Waals surface area contributed by atoms with Crippen LogP contribution < -0.4 is 5.32 Å². The summed E-state index contributed by atoms with van der Waals surface area (Å²) in [6.45, 7) is 4.82. The second kappa shape index (κ2) is 5.96. The molecule has 1 spiro atoms.